The largest absolute Gasteiger partial charge is 0.331 e. The SMILES string of the molecule is Cc1cc2ncn(CCC(C)CCBr)c2cc1C. The highest BCUT2D eigenvalue weighted by Gasteiger charge is 2.07. The Bertz CT molecular complexity index is 531. The number of fused-ring (bicyclic) bond motifs is 1. The molecule has 0 saturated heterocycles. The molecule has 0 aliphatic heterocycles. The first-order valence-corrected chi connectivity index (χ1v) is 7.72. The van der Waals surface area contributed by atoms with E-state index in [0.717, 1.165) is 23.3 Å². The maximum atomic E-state index is 4.50. The number of nitrogens with zero attached hydrogens (tertiary/aromatic N) is 2. The number of hydrogen-bond donors (Lipinski definition) is 0. The van der Waals surface area contributed by atoms with E-state index in [9.17, 15) is 0 Å². The van der Waals surface area contributed by atoms with Crippen LogP contribution >= 0.6 is 15.9 Å². The van der Waals surface area contributed by atoms with Gasteiger partial charge in [0.15, 0.2) is 0 Å². The number of rotatable bonds is 5. The van der Waals surface area contributed by atoms with Crippen molar-refractivity contribution in [3.05, 3.63) is 29.6 Å². The smallest absolute Gasteiger partial charge is 0.0958 e. The highest BCUT2D eigenvalue weighted by Crippen LogP contribution is 2.20. The van der Waals surface area contributed by atoms with Gasteiger partial charge in [0.2, 0.25) is 0 Å². The Balaban J connectivity index is 2.16. The zero-order chi connectivity index (χ0) is 13.1. The fourth-order valence-corrected chi connectivity index (χ4v) is 2.96. The number of benzene rings is 1. The molecule has 0 fully saturated rings. The van der Waals surface area contributed by atoms with E-state index in [-0.39, 0.29) is 0 Å². The third-order valence-corrected chi connectivity index (χ3v) is 4.16. The number of hydrogen-bond acceptors (Lipinski definition) is 1. The number of halogens is 1. The maximum Gasteiger partial charge on any atom is 0.0958 e. The van der Waals surface area contributed by atoms with Gasteiger partial charge in [-0.3, -0.25) is 0 Å². The zero-order valence-electron chi connectivity index (χ0n) is 11.4. The summed E-state index contributed by atoms with van der Waals surface area (Å²) >= 11 is 3.51. The Hall–Kier alpha value is -0.830. The Morgan fingerprint density at radius 3 is 2.67 bits per heavy atom. The number of alkyl halides is 1. The molecule has 3 heteroatoms. The molecule has 1 aromatic heterocycles. The second-order valence-corrected chi connectivity index (χ2v) is 6.03. The average molecular weight is 309 g/mol. The molecule has 0 aliphatic carbocycles. The van der Waals surface area contributed by atoms with Crippen LogP contribution in [0.4, 0.5) is 0 Å². The molecule has 0 radical (unpaired) electrons. The van der Waals surface area contributed by atoms with E-state index in [1.807, 2.05) is 6.33 Å². The number of imidazole rings is 1. The van der Waals surface area contributed by atoms with Crippen LogP contribution in [0.1, 0.15) is 30.9 Å². The highest BCUT2D eigenvalue weighted by molar-refractivity contribution is 9.09. The molecule has 2 aromatic rings. The summed E-state index contributed by atoms with van der Waals surface area (Å²) in [5.41, 5.74) is 5.05. The van der Waals surface area contributed by atoms with Crippen molar-refractivity contribution in [2.45, 2.75) is 40.2 Å². The lowest BCUT2D eigenvalue weighted by atomic mass is 10.1. The molecular formula is C15H21BrN2. The molecule has 0 spiro atoms. The minimum Gasteiger partial charge on any atom is -0.331 e. The van der Waals surface area contributed by atoms with E-state index in [4.69, 9.17) is 0 Å². The molecule has 1 heterocycles. The van der Waals surface area contributed by atoms with Gasteiger partial charge < -0.3 is 4.57 Å². The van der Waals surface area contributed by atoms with Crippen LogP contribution in [0.2, 0.25) is 0 Å². The summed E-state index contributed by atoms with van der Waals surface area (Å²) in [6.45, 7) is 7.69. The molecule has 0 bridgehead atoms. The molecule has 0 N–H and O–H groups in total. The average Bonchev–Trinajstić information content (AvgIpc) is 2.70. The summed E-state index contributed by atoms with van der Waals surface area (Å²) < 4.78 is 2.28. The van der Waals surface area contributed by atoms with E-state index >= 15 is 0 Å². The quantitative estimate of drug-likeness (QED) is 0.745. The molecule has 1 unspecified atom stereocenters. The molecule has 18 heavy (non-hydrogen) atoms. The molecular weight excluding hydrogens is 288 g/mol. The van der Waals surface area contributed by atoms with Gasteiger partial charge in [0.1, 0.15) is 0 Å². The van der Waals surface area contributed by atoms with E-state index in [0.29, 0.717) is 0 Å². The Morgan fingerprint density at radius 1 is 1.22 bits per heavy atom. The van der Waals surface area contributed by atoms with E-state index in [1.165, 1.54) is 29.5 Å². The van der Waals surface area contributed by atoms with Crippen molar-refractivity contribution in [2.75, 3.05) is 5.33 Å². The first kappa shape index (κ1) is 13.6. The van der Waals surface area contributed by atoms with E-state index in [1.54, 1.807) is 0 Å². The third kappa shape index (κ3) is 2.94. The minimum atomic E-state index is 0.758. The Kier molecular flexibility index (Phi) is 4.44. The van der Waals surface area contributed by atoms with Gasteiger partial charge in [-0.15, -0.1) is 0 Å². The molecule has 2 rings (SSSR count). The van der Waals surface area contributed by atoms with E-state index < -0.39 is 0 Å². The van der Waals surface area contributed by atoms with Gasteiger partial charge >= 0.3 is 0 Å². The lowest BCUT2D eigenvalue weighted by Crippen LogP contribution is -2.03. The molecule has 2 nitrogen and oxygen atoms in total. The number of aryl methyl sites for hydroxylation is 3. The Labute approximate surface area is 118 Å². The van der Waals surface area contributed by atoms with Gasteiger partial charge in [0.05, 0.1) is 17.4 Å². The molecule has 0 amide bonds. The van der Waals surface area contributed by atoms with Crippen LogP contribution in [0.3, 0.4) is 0 Å². The number of aromatic nitrogens is 2. The predicted molar refractivity (Wildman–Crippen MR) is 81.4 cm³/mol. The molecule has 1 aromatic carbocycles. The molecule has 0 aliphatic rings. The summed E-state index contributed by atoms with van der Waals surface area (Å²) in [6.07, 6.45) is 4.43. The first-order valence-electron chi connectivity index (χ1n) is 6.60. The standard InChI is InChI=1S/C15H21BrN2/c1-11(4-6-16)5-7-18-10-17-14-8-12(2)13(3)9-15(14)18/h8-11H,4-7H2,1-3H3. The first-order chi connectivity index (χ1) is 8.61. The van der Waals surface area contributed by atoms with Crippen molar-refractivity contribution in [1.29, 1.82) is 0 Å². The van der Waals surface area contributed by atoms with Crippen molar-refractivity contribution in [2.24, 2.45) is 5.92 Å². The fourth-order valence-electron chi connectivity index (χ4n) is 2.18. The highest BCUT2D eigenvalue weighted by atomic mass is 79.9. The monoisotopic (exact) mass is 308 g/mol. The third-order valence-electron chi connectivity index (χ3n) is 3.70. The van der Waals surface area contributed by atoms with Crippen LogP contribution in [0.25, 0.3) is 11.0 Å². The van der Waals surface area contributed by atoms with Gasteiger partial charge in [-0.1, -0.05) is 22.9 Å². The lowest BCUT2D eigenvalue weighted by molar-refractivity contribution is 0.477. The van der Waals surface area contributed by atoms with Gasteiger partial charge in [0, 0.05) is 11.9 Å². The summed E-state index contributed by atoms with van der Waals surface area (Å²) in [6, 6.07) is 4.44. The fraction of sp³-hybridized carbons (Fsp3) is 0.533. The summed E-state index contributed by atoms with van der Waals surface area (Å²) in [4.78, 5) is 4.50. The predicted octanol–water partition coefficient (Wildman–Crippen LogP) is 4.46. The van der Waals surface area contributed by atoms with E-state index in [2.05, 4.69) is 58.4 Å². The second kappa shape index (κ2) is 5.87. The van der Waals surface area contributed by atoms with Gasteiger partial charge in [-0.05, 0) is 55.9 Å². The van der Waals surface area contributed by atoms with Crippen LogP contribution in [-0.2, 0) is 6.54 Å². The van der Waals surface area contributed by atoms with Crippen molar-refractivity contribution in [3.63, 3.8) is 0 Å². The topological polar surface area (TPSA) is 17.8 Å². The van der Waals surface area contributed by atoms with Crippen molar-refractivity contribution in [3.8, 4) is 0 Å². The minimum absolute atomic E-state index is 0.758. The van der Waals surface area contributed by atoms with Crippen molar-refractivity contribution in [1.82, 2.24) is 9.55 Å². The zero-order valence-corrected chi connectivity index (χ0v) is 13.0. The van der Waals surface area contributed by atoms with Crippen molar-refractivity contribution < 1.29 is 0 Å². The lowest BCUT2D eigenvalue weighted by Gasteiger charge is -2.11. The molecule has 98 valence electrons. The summed E-state index contributed by atoms with van der Waals surface area (Å²) in [5, 5.41) is 1.09. The molecule has 1 atom stereocenters. The van der Waals surface area contributed by atoms with Crippen LogP contribution in [0.15, 0.2) is 18.5 Å². The maximum absolute atomic E-state index is 4.50. The summed E-state index contributed by atoms with van der Waals surface area (Å²) in [7, 11) is 0. The van der Waals surface area contributed by atoms with Crippen LogP contribution in [0.5, 0.6) is 0 Å². The van der Waals surface area contributed by atoms with Crippen LogP contribution < -0.4 is 0 Å². The molecule has 0 saturated carbocycles. The Morgan fingerprint density at radius 2 is 1.94 bits per heavy atom. The van der Waals surface area contributed by atoms with Crippen molar-refractivity contribution >= 4 is 27.0 Å². The van der Waals surface area contributed by atoms with Crippen LogP contribution in [-0.4, -0.2) is 14.9 Å². The van der Waals surface area contributed by atoms with Gasteiger partial charge in [0.25, 0.3) is 0 Å². The van der Waals surface area contributed by atoms with Gasteiger partial charge in [-0.25, -0.2) is 4.98 Å². The second-order valence-electron chi connectivity index (χ2n) is 5.23. The van der Waals surface area contributed by atoms with Gasteiger partial charge in [-0.2, -0.15) is 0 Å². The normalized spacial score (nSPS) is 13.1. The van der Waals surface area contributed by atoms with Crippen LogP contribution in [0, 0.1) is 19.8 Å². The summed E-state index contributed by atoms with van der Waals surface area (Å²) in [5.74, 6) is 0.758.